The maximum Gasteiger partial charge on any atom is 0.266 e. The number of carbonyl (C=O) groups is 1. The average Bonchev–Trinajstić information content (AvgIpc) is 2.17. The minimum absolute atomic E-state index is 0.0443. The molecule has 1 aliphatic heterocycles. The van der Waals surface area contributed by atoms with E-state index in [9.17, 15) is 4.79 Å². The van der Waals surface area contributed by atoms with Crippen LogP contribution in [0.2, 0.25) is 0 Å². The number of ether oxygens (including phenoxy) is 1. The van der Waals surface area contributed by atoms with E-state index in [2.05, 4.69) is 6.58 Å². The van der Waals surface area contributed by atoms with Crippen LogP contribution in [0.1, 0.15) is 20.3 Å². The van der Waals surface area contributed by atoms with Crippen molar-refractivity contribution in [2.45, 2.75) is 20.3 Å². The van der Waals surface area contributed by atoms with Crippen molar-refractivity contribution < 1.29 is 9.53 Å². The van der Waals surface area contributed by atoms with Crippen molar-refractivity contribution in [3.63, 3.8) is 0 Å². The van der Waals surface area contributed by atoms with Crippen LogP contribution in [-0.2, 0) is 9.53 Å². The fourth-order valence-corrected chi connectivity index (χ4v) is 1.43. The summed E-state index contributed by atoms with van der Waals surface area (Å²) in [6.45, 7) is 8.54. The summed E-state index contributed by atoms with van der Waals surface area (Å²) in [6.07, 6.45) is 2.46. The lowest BCUT2D eigenvalue weighted by atomic mass is 9.92. The summed E-state index contributed by atoms with van der Waals surface area (Å²) in [4.78, 5) is 13.5. The van der Waals surface area contributed by atoms with Crippen LogP contribution < -0.4 is 0 Å². The van der Waals surface area contributed by atoms with Gasteiger partial charge in [0.05, 0.1) is 12.0 Å². The molecule has 4 heteroatoms. The van der Waals surface area contributed by atoms with E-state index in [1.807, 2.05) is 13.8 Å². The van der Waals surface area contributed by atoms with Crippen molar-refractivity contribution in [3.05, 3.63) is 12.7 Å². The molecule has 3 nitrogen and oxygen atoms in total. The van der Waals surface area contributed by atoms with Crippen LogP contribution in [0.5, 0.6) is 0 Å². The smallest absolute Gasteiger partial charge is 0.266 e. The van der Waals surface area contributed by atoms with Gasteiger partial charge in [0.2, 0.25) is 5.91 Å². The molecule has 0 aromatic rings. The Hall–Kier alpha value is -0.900. The quantitative estimate of drug-likeness (QED) is 0.517. The van der Waals surface area contributed by atoms with Crippen LogP contribution in [0.25, 0.3) is 0 Å². The zero-order chi connectivity index (χ0) is 10.8. The Labute approximate surface area is 89.7 Å². The zero-order valence-electron chi connectivity index (χ0n) is 8.58. The summed E-state index contributed by atoms with van der Waals surface area (Å²) < 4.78 is 5.15. The van der Waals surface area contributed by atoms with Gasteiger partial charge in [0, 0.05) is 6.54 Å². The van der Waals surface area contributed by atoms with E-state index in [4.69, 9.17) is 17.0 Å². The Morgan fingerprint density at radius 1 is 1.71 bits per heavy atom. The first-order chi connectivity index (χ1) is 6.49. The summed E-state index contributed by atoms with van der Waals surface area (Å²) >= 11 is 4.97. The van der Waals surface area contributed by atoms with Crippen LogP contribution in [-0.4, -0.2) is 29.1 Å². The molecule has 0 saturated carbocycles. The number of hydrogen-bond donors (Lipinski definition) is 0. The summed E-state index contributed by atoms with van der Waals surface area (Å²) in [6, 6.07) is 0. The lowest BCUT2D eigenvalue weighted by molar-refractivity contribution is -0.135. The van der Waals surface area contributed by atoms with E-state index >= 15 is 0 Å². The molecule has 1 amide bonds. The first-order valence-corrected chi connectivity index (χ1v) is 5.02. The number of rotatable bonds is 2. The molecule has 1 heterocycles. The molecule has 0 aromatic heterocycles. The monoisotopic (exact) mass is 213 g/mol. The molecule has 0 atom stereocenters. The predicted molar refractivity (Wildman–Crippen MR) is 58.9 cm³/mol. The lowest BCUT2D eigenvalue weighted by Gasteiger charge is -2.32. The molecule has 1 saturated heterocycles. The Morgan fingerprint density at radius 3 is 2.86 bits per heavy atom. The van der Waals surface area contributed by atoms with E-state index in [1.165, 1.54) is 4.90 Å². The number of carbonyl (C=O) groups excluding carboxylic acids is 1. The first kappa shape index (κ1) is 11.2. The maximum absolute atomic E-state index is 11.9. The Morgan fingerprint density at radius 2 is 2.36 bits per heavy atom. The third-order valence-corrected chi connectivity index (χ3v) is 2.62. The summed E-state index contributed by atoms with van der Waals surface area (Å²) in [5.41, 5.74) is -0.579. The third-order valence-electron chi connectivity index (χ3n) is 2.28. The van der Waals surface area contributed by atoms with Gasteiger partial charge in [-0.3, -0.25) is 9.69 Å². The normalized spacial score (nSPS) is 17.6. The fraction of sp³-hybridized carbons (Fsp3) is 0.600. The zero-order valence-corrected chi connectivity index (χ0v) is 9.39. The molecule has 1 rings (SSSR count). The number of thiocarbonyl (C=S) groups is 1. The highest BCUT2D eigenvalue weighted by Gasteiger charge is 2.33. The van der Waals surface area contributed by atoms with Gasteiger partial charge in [-0.05, 0) is 32.5 Å². The molecular weight excluding hydrogens is 198 g/mol. The van der Waals surface area contributed by atoms with Crippen molar-refractivity contribution in [3.8, 4) is 0 Å². The molecule has 0 bridgehead atoms. The van der Waals surface area contributed by atoms with Crippen molar-refractivity contribution in [2.24, 2.45) is 5.41 Å². The largest absolute Gasteiger partial charge is 0.471 e. The van der Waals surface area contributed by atoms with Gasteiger partial charge in [0.15, 0.2) is 0 Å². The molecule has 1 aliphatic rings. The van der Waals surface area contributed by atoms with Crippen LogP contribution in [0.15, 0.2) is 12.7 Å². The Bertz CT molecular complexity index is 273. The molecule has 0 aliphatic carbocycles. The van der Waals surface area contributed by atoms with Crippen molar-refractivity contribution in [1.29, 1.82) is 0 Å². The lowest BCUT2D eigenvalue weighted by Crippen LogP contribution is -2.47. The molecule has 0 N–H and O–H groups in total. The van der Waals surface area contributed by atoms with Gasteiger partial charge in [0.1, 0.15) is 0 Å². The maximum atomic E-state index is 11.9. The fourth-order valence-electron chi connectivity index (χ4n) is 1.17. The van der Waals surface area contributed by atoms with Crippen LogP contribution in [0.3, 0.4) is 0 Å². The Kier molecular flexibility index (Phi) is 3.26. The van der Waals surface area contributed by atoms with E-state index in [-0.39, 0.29) is 11.1 Å². The first-order valence-electron chi connectivity index (χ1n) is 4.61. The van der Waals surface area contributed by atoms with Gasteiger partial charge in [-0.15, -0.1) is 6.58 Å². The molecular formula is C10H15NO2S. The summed E-state index contributed by atoms with van der Waals surface area (Å²) in [5.74, 6) is -0.0443. The van der Waals surface area contributed by atoms with Crippen molar-refractivity contribution in [2.75, 3.05) is 13.2 Å². The summed E-state index contributed by atoms with van der Waals surface area (Å²) in [7, 11) is 0. The molecule has 0 spiro atoms. The molecule has 0 aromatic carbocycles. The van der Waals surface area contributed by atoms with Gasteiger partial charge in [-0.25, -0.2) is 0 Å². The molecule has 78 valence electrons. The van der Waals surface area contributed by atoms with Crippen LogP contribution >= 0.6 is 12.2 Å². The highest BCUT2D eigenvalue weighted by atomic mass is 32.1. The van der Waals surface area contributed by atoms with E-state index < -0.39 is 5.41 Å². The second kappa shape index (κ2) is 4.09. The molecule has 14 heavy (non-hydrogen) atoms. The number of nitrogens with zero attached hydrogens (tertiary/aromatic N) is 1. The molecule has 0 unspecified atom stereocenters. The van der Waals surface area contributed by atoms with Gasteiger partial charge in [0.25, 0.3) is 5.17 Å². The van der Waals surface area contributed by atoms with Gasteiger partial charge in [-0.2, -0.15) is 0 Å². The van der Waals surface area contributed by atoms with Gasteiger partial charge in [-0.1, -0.05) is 6.08 Å². The minimum atomic E-state index is -0.579. The highest BCUT2D eigenvalue weighted by molar-refractivity contribution is 7.80. The van der Waals surface area contributed by atoms with Gasteiger partial charge < -0.3 is 4.74 Å². The average molecular weight is 213 g/mol. The second-order valence-corrected chi connectivity index (χ2v) is 4.20. The third kappa shape index (κ3) is 2.12. The van der Waals surface area contributed by atoms with Crippen molar-refractivity contribution >= 4 is 23.3 Å². The van der Waals surface area contributed by atoms with E-state index in [0.717, 1.165) is 6.42 Å². The number of amides is 1. The second-order valence-electron chi connectivity index (χ2n) is 3.85. The van der Waals surface area contributed by atoms with Crippen LogP contribution in [0.4, 0.5) is 0 Å². The van der Waals surface area contributed by atoms with Crippen molar-refractivity contribution in [1.82, 2.24) is 4.90 Å². The summed E-state index contributed by atoms with van der Waals surface area (Å²) in [5, 5.41) is 0.288. The predicted octanol–water partition coefficient (Wildman–Crippen LogP) is 1.73. The topological polar surface area (TPSA) is 29.5 Å². The highest BCUT2D eigenvalue weighted by Crippen LogP contribution is 2.22. The number of hydrogen-bond acceptors (Lipinski definition) is 3. The SMILES string of the molecule is C=CC(C)(C)C(=O)N1CCCOC1=S. The Balaban J connectivity index is 2.77. The standard InChI is InChI=1S/C10H15NO2S/c1-4-10(2,3)8(12)11-6-5-7-13-9(11)14/h4H,1,5-7H2,2-3H3. The van der Waals surface area contributed by atoms with Gasteiger partial charge >= 0.3 is 0 Å². The minimum Gasteiger partial charge on any atom is -0.471 e. The van der Waals surface area contributed by atoms with Crippen LogP contribution in [0, 0.1) is 5.41 Å². The van der Waals surface area contributed by atoms with E-state index in [0.29, 0.717) is 13.2 Å². The molecule has 1 fully saturated rings. The molecule has 0 radical (unpaired) electrons. The van der Waals surface area contributed by atoms with E-state index in [1.54, 1.807) is 6.08 Å².